The summed E-state index contributed by atoms with van der Waals surface area (Å²) in [4.78, 5) is 1.09. The first-order valence-corrected chi connectivity index (χ1v) is 7.70. The number of halogens is 2. The van der Waals surface area contributed by atoms with Gasteiger partial charge >= 0.3 is 0 Å². The Morgan fingerprint density at radius 3 is 2.40 bits per heavy atom. The van der Waals surface area contributed by atoms with E-state index in [0.717, 1.165) is 16.2 Å². The average molecular weight is 323 g/mol. The summed E-state index contributed by atoms with van der Waals surface area (Å²) in [6.45, 7) is -0.116. The fraction of sp³-hybridized carbons (Fsp3) is 0.125. The van der Waals surface area contributed by atoms with Crippen LogP contribution in [0.3, 0.4) is 0 Å². The molecule has 0 aliphatic heterocycles. The summed E-state index contributed by atoms with van der Waals surface area (Å²) >= 11 is 13.6. The maximum absolute atomic E-state index is 8.64. The van der Waals surface area contributed by atoms with E-state index in [1.807, 2.05) is 36.4 Å². The predicted octanol–water partition coefficient (Wildman–Crippen LogP) is 4.63. The van der Waals surface area contributed by atoms with E-state index in [1.54, 1.807) is 17.8 Å². The molecule has 0 fully saturated rings. The van der Waals surface area contributed by atoms with Gasteiger partial charge in [-0.1, -0.05) is 47.2 Å². The van der Waals surface area contributed by atoms with Crippen LogP contribution in [0.2, 0.25) is 10.0 Å². The number of hydrogen-bond donors (Lipinski definition) is 1. The number of aliphatic hydroxyl groups excluding tert-OH is 1. The van der Waals surface area contributed by atoms with Crippen molar-refractivity contribution in [2.45, 2.75) is 10.6 Å². The topological polar surface area (TPSA) is 20.2 Å². The molecule has 0 aliphatic carbocycles. The van der Waals surface area contributed by atoms with Gasteiger partial charge in [0.2, 0.25) is 0 Å². The van der Waals surface area contributed by atoms with Crippen LogP contribution in [0.25, 0.3) is 0 Å². The third kappa shape index (κ3) is 4.47. The van der Waals surface area contributed by atoms with Crippen LogP contribution in [0.4, 0.5) is 0 Å². The summed E-state index contributed by atoms with van der Waals surface area (Å²) < 4.78 is 0. The van der Waals surface area contributed by atoms with Crippen molar-refractivity contribution in [2.75, 3.05) is 6.61 Å². The zero-order valence-electron chi connectivity index (χ0n) is 10.6. The van der Waals surface area contributed by atoms with Crippen molar-refractivity contribution < 1.29 is 5.11 Å². The lowest BCUT2D eigenvalue weighted by atomic mass is 10.1. The zero-order chi connectivity index (χ0) is 14.4. The summed E-state index contributed by atoms with van der Waals surface area (Å²) in [7, 11) is 0. The molecule has 0 bridgehead atoms. The molecule has 102 valence electrons. The van der Waals surface area contributed by atoms with Crippen LogP contribution in [-0.2, 0) is 5.75 Å². The third-order valence-corrected chi connectivity index (χ3v) is 4.37. The minimum absolute atomic E-state index is 0.116. The molecule has 1 nitrogen and oxygen atoms in total. The Hall–Kier alpha value is -1.11. The quantitative estimate of drug-likeness (QED) is 0.656. The lowest BCUT2D eigenvalue weighted by Gasteiger charge is -2.04. The van der Waals surface area contributed by atoms with E-state index in [4.69, 9.17) is 28.3 Å². The Morgan fingerprint density at radius 1 is 1.00 bits per heavy atom. The van der Waals surface area contributed by atoms with Gasteiger partial charge in [-0.3, -0.25) is 0 Å². The number of hydrogen-bond acceptors (Lipinski definition) is 2. The van der Waals surface area contributed by atoms with Crippen LogP contribution >= 0.6 is 35.0 Å². The predicted molar refractivity (Wildman–Crippen MR) is 86.4 cm³/mol. The lowest BCUT2D eigenvalue weighted by Crippen LogP contribution is -1.83. The highest BCUT2D eigenvalue weighted by Crippen LogP contribution is 2.29. The van der Waals surface area contributed by atoms with Gasteiger partial charge in [-0.2, -0.15) is 0 Å². The third-order valence-electron chi connectivity index (χ3n) is 2.56. The van der Waals surface area contributed by atoms with Gasteiger partial charge < -0.3 is 5.11 Å². The molecular formula is C16H12Cl2OS. The molecule has 0 amide bonds. The fourth-order valence-corrected chi connectivity index (χ4v) is 2.81. The summed E-state index contributed by atoms with van der Waals surface area (Å²) in [5, 5.41) is 9.78. The highest BCUT2D eigenvalue weighted by Gasteiger charge is 2.01. The molecule has 0 atom stereocenters. The lowest BCUT2D eigenvalue weighted by molar-refractivity contribution is 0.350. The molecule has 2 aromatic carbocycles. The van der Waals surface area contributed by atoms with Gasteiger partial charge in [-0.25, -0.2) is 0 Å². The van der Waals surface area contributed by atoms with E-state index in [-0.39, 0.29) is 6.61 Å². The maximum atomic E-state index is 8.64. The van der Waals surface area contributed by atoms with Crippen molar-refractivity contribution in [3.8, 4) is 11.8 Å². The second-order valence-corrected chi connectivity index (χ2v) is 5.88. The van der Waals surface area contributed by atoms with Crippen LogP contribution in [-0.4, -0.2) is 11.7 Å². The van der Waals surface area contributed by atoms with Crippen LogP contribution in [0.15, 0.2) is 47.4 Å². The maximum Gasteiger partial charge on any atom is 0.104 e. The summed E-state index contributed by atoms with van der Waals surface area (Å²) in [5.74, 6) is 6.35. The Kier molecular flexibility index (Phi) is 5.82. The molecule has 4 heteroatoms. The molecule has 0 aromatic heterocycles. The van der Waals surface area contributed by atoms with E-state index in [0.29, 0.717) is 10.0 Å². The Balaban J connectivity index is 1.98. The molecule has 0 heterocycles. The van der Waals surface area contributed by atoms with Crippen LogP contribution < -0.4 is 0 Å². The molecule has 20 heavy (non-hydrogen) atoms. The largest absolute Gasteiger partial charge is 0.384 e. The monoisotopic (exact) mass is 322 g/mol. The van der Waals surface area contributed by atoms with E-state index in [9.17, 15) is 0 Å². The number of aliphatic hydroxyl groups is 1. The average Bonchev–Trinajstić information content (AvgIpc) is 2.47. The second kappa shape index (κ2) is 7.61. The van der Waals surface area contributed by atoms with Crippen molar-refractivity contribution in [1.82, 2.24) is 0 Å². The number of thioether (sulfide) groups is 1. The van der Waals surface area contributed by atoms with Crippen LogP contribution in [0, 0.1) is 11.8 Å². The molecule has 1 N–H and O–H groups in total. The van der Waals surface area contributed by atoms with Crippen molar-refractivity contribution >= 4 is 35.0 Å². The van der Waals surface area contributed by atoms with E-state index >= 15 is 0 Å². The fourth-order valence-electron chi connectivity index (χ4n) is 1.56. The first-order valence-electron chi connectivity index (χ1n) is 5.95. The van der Waals surface area contributed by atoms with Gasteiger partial charge in [0.15, 0.2) is 0 Å². The van der Waals surface area contributed by atoms with Gasteiger partial charge in [0.25, 0.3) is 0 Å². The molecule has 0 saturated heterocycles. The van der Waals surface area contributed by atoms with Gasteiger partial charge in [-0.15, -0.1) is 11.8 Å². The van der Waals surface area contributed by atoms with Crippen LogP contribution in [0.1, 0.15) is 11.1 Å². The van der Waals surface area contributed by atoms with Crippen molar-refractivity contribution in [2.24, 2.45) is 0 Å². The molecule has 0 saturated carbocycles. The molecule has 0 spiro atoms. The summed E-state index contributed by atoms with van der Waals surface area (Å²) in [6.07, 6.45) is 0. The van der Waals surface area contributed by atoms with Gasteiger partial charge in [0, 0.05) is 16.2 Å². The minimum Gasteiger partial charge on any atom is -0.384 e. The normalized spacial score (nSPS) is 9.95. The second-order valence-electron chi connectivity index (χ2n) is 4.02. The SMILES string of the molecule is OCC#Cc1ccc(CSc2ccc(Cl)c(Cl)c2)cc1. The van der Waals surface area contributed by atoms with E-state index in [1.165, 1.54) is 5.56 Å². The summed E-state index contributed by atoms with van der Waals surface area (Å²) in [5.41, 5.74) is 2.11. The van der Waals surface area contributed by atoms with Crippen molar-refractivity contribution in [1.29, 1.82) is 0 Å². The van der Waals surface area contributed by atoms with Crippen molar-refractivity contribution in [3.05, 3.63) is 63.6 Å². The first kappa shape index (κ1) is 15.3. The van der Waals surface area contributed by atoms with Crippen LogP contribution in [0.5, 0.6) is 0 Å². The molecular weight excluding hydrogens is 311 g/mol. The molecule has 0 unspecified atom stereocenters. The van der Waals surface area contributed by atoms with Crippen molar-refractivity contribution in [3.63, 3.8) is 0 Å². The highest BCUT2D eigenvalue weighted by atomic mass is 35.5. The first-order chi connectivity index (χ1) is 9.69. The Bertz CT molecular complexity index is 642. The zero-order valence-corrected chi connectivity index (χ0v) is 12.9. The highest BCUT2D eigenvalue weighted by molar-refractivity contribution is 7.98. The van der Waals surface area contributed by atoms with Gasteiger partial charge in [-0.05, 0) is 35.9 Å². The molecule has 0 radical (unpaired) electrons. The number of rotatable bonds is 3. The summed E-state index contributed by atoms with van der Waals surface area (Å²) in [6, 6.07) is 13.6. The Labute approximate surface area is 132 Å². The standard InChI is InChI=1S/C16H12Cl2OS/c17-15-8-7-14(10-16(15)18)20-11-13-5-3-12(4-6-13)2-1-9-19/h3-8,10,19H,9,11H2. The van der Waals surface area contributed by atoms with Gasteiger partial charge in [0.1, 0.15) is 6.61 Å². The smallest absolute Gasteiger partial charge is 0.104 e. The van der Waals surface area contributed by atoms with E-state index < -0.39 is 0 Å². The number of benzene rings is 2. The molecule has 2 rings (SSSR count). The van der Waals surface area contributed by atoms with E-state index in [2.05, 4.69) is 11.8 Å². The Morgan fingerprint density at radius 2 is 1.75 bits per heavy atom. The van der Waals surface area contributed by atoms with Gasteiger partial charge in [0.05, 0.1) is 10.0 Å². The molecule has 0 aliphatic rings. The molecule has 2 aromatic rings. The minimum atomic E-state index is -0.116.